The minimum atomic E-state index is -0.660. The minimum absolute atomic E-state index is 0.0847. The predicted octanol–water partition coefficient (Wildman–Crippen LogP) is 3.96. The van der Waals surface area contributed by atoms with E-state index in [1.165, 1.54) is 30.6 Å². The van der Waals surface area contributed by atoms with Crippen LogP contribution in [0, 0.1) is 5.82 Å². The van der Waals surface area contributed by atoms with Crippen LogP contribution in [0.3, 0.4) is 0 Å². The summed E-state index contributed by atoms with van der Waals surface area (Å²) in [5.41, 5.74) is 1.87. The molecule has 0 amide bonds. The van der Waals surface area contributed by atoms with Crippen LogP contribution in [0.15, 0.2) is 30.5 Å². The smallest absolute Gasteiger partial charge is 0.127 e. The van der Waals surface area contributed by atoms with Crippen molar-refractivity contribution in [1.29, 1.82) is 0 Å². The molecule has 3 aromatic rings. The molecule has 32 heavy (non-hydrogen) atoms. The van der Waals surface area contributed by atoms with E-state index in [1.54, 1.807) is 10.7 Å². The number of aliphatic hydroxyl groups is 1. The van der Waals surface area contributed by atoms with Crippen molar-refractivity contribution in [2.45, 2.75) is 50.1 Å². The third-order valence-electron chi connectivity index (χ3n) is 6.10. The maximum atomic E-state index is 13.8. The standard InChI is InChI=1S/C22H24ClFN4O3S/c1-12-7-22(21-16(6-20(23)32-21)19(29)11-31-22)8-17(25-12)18-10-28(27-26-18)9-13-3-14(24)5-15(4-13)30-2/h3-6,10,12,17,19,25,29H,7-9,11H2,1-2H3/t12-,17-,19+,22-/m0/s1. The highest BCUT2D eigenvalue weighted by Gasteiger charge is 2.48. The predicted molar refractivity (Wildman–Crippen MR) is 119 cm³/mol. The van der Waals surface area contributed by atoms with Gasteiger partial charge < -0.3 is 19.9 Å². The molecule has 0 radical (unpaired) electrons. The summed E-state index contributed by atoms with van der Waals surface area (Å²) in [4.78, 5) is 0.999. The Bertz CT molecular complexity index is 1140. The summed E-state index contributed by atoms with van der Waals surface area (Å²) in [5.74, 6) is 0.110. The average molecular weight is 479 g/mol. The number of hydrogen-bond acceptors (Lipinski definition) is 7. The first-order valence-electron chi connectivity index (χ1n) is 10.5. The number of piperidine rings is 1. The number of aromatic nitrogens is 3. The quantitative estimate of drug-likeness (QED) is 0.590. The average Bonchev–Trinajstić information content (AvgIpc) is 3.38. The zero-order valence-electron chi connectivity index (χ0n) is 17.7. The molecule has 2 N–H and O–H groups in total. The number of benzene rings is 1. The second kappa shape index (κ2) is 8.39. The van der Waals surface area contributed by atoms with Gasteiger partial charge in [0.05, 0.1) is 42.5 Å². The lowest BCUT2D eigenvalue weighted by Crippen LogP contribution is -2.50. The van der Waals surface area contributed by atoms with E-state index >= 15 is 0 Å². The van der Waals surface area contributed by atoms with Crippen LogP contribution in [-0.4, -0.2) is 39.9 Å². The number of rotatable bonds is 4. The van der Waals surface area contributed by atoms with E-state index in [1.807, 2.05) is 12.3 Å². The Morgan fingerprint density at radius 2 is 2.22 bits per heavy atom. The summed E-state index contributed by atoms with van der Waals surface area (Å²) in [6.45, 7) is 2.73. The molecule has 0 aliphatic carbocycles. The van der Waals surface area contributed by atoms with E-state index in [-0.39, 0.29) is 24.5 Å². The Balaban J connectivity index is 1.40. The Labute approximate surface area is 194 Å². The molecule has 4 heterocycles. The van der Waals surface area contributed by atoms with Gasteiger partial charge in [-0.15, -0.1) is 16.4 Å². The normalized spacial score (nSPS) is 27.5. The molecule has 0 unspecified atom stereocenters. The van der Waals surface area contributed by atoms with Crippen molar-refractivity contribution in [3.8, 4) is 5.75 Å². The summed E-state index contributed by atoms with van der Waals surface area (Å²) in [6, 6.07) is 6.51. The number of nitrogens with zero attached hydrogens (tertiary/aromatic N) is 3. The molecule has 5 rings (SSSR count). The van der Waals surface area contributed by atoms with Gasteiger partial charge in [0.25, 0.3) is 0 Å². The van der Waals surface area contributed by atoms with Gasteiger partial charge in [0.1, 0.15) is 23.3 Å². The van der Waals surface area contributed by atoms with Crippen molar-refractivity contribution in [2.75, 3.05) is 13.7 Å². The Morgan fingerprint density at radius 3 is 3.03 bits per heavy atom. The molecule has 1 fully saturated rings. The van der Waals surface area contributed by atoms with Crippen molar-refractivity contribution in [2.24, 2.45) is 0 Å². The van der Waals surface area contributed by atoms with Crippen LogP contribution in [-0.2, 0) is 16.9 Å². The number of aliphatic hydroxyl groups excluding tert-OH is 1. The Kier molecular flexibility index (Phi) is 5.71. The van der Waals surface area contributed by atoms with E-state index in [4.69, 9.17) is 21.1 Å². The lowest BCUT2D eigenvalue weighted by atomic mass is 9.79. The van der Waals surface area contributed by atoms with Crippen molar-refractivity contribution in [3.05, 3.63) is 62.3 Å². The second-order valence-corrected chi connectivity index (χ2v) is 10.2. The van der Waals surface area contributed by atoms with Crippen molar-refractivity contribution < 1.29 is 19.0 Å². The first-order valence-corrected chi connectivity index (χ1v) is 11.7. The Morgan fingerprint density at radius 1 is 1.38 bits per heavy atom. The maximum absolute atomic E-state index is 13.8. The van der Waals surface area contributed by atoms with E-state index in [0.29, 0.717) is 23.1 Å². The highest BCUT2D eigenvalue weighted by molar-refractivity contribution is 7.16. The first kappa shape index (κ1) is 21.8. The number of hydrogen-bond donors (Lipinski definition) is 2. The summed E-state index contributed by atoms with van der Waals surface area (Å²) in [6.07, 6.45) is 2.64. The molecule has 0 saturated carbocycles. The number of thiophene rings is 1. The molecule has 0 bridgehead atoms. The second-order valence-electron chi connectivity index (χ2n) is 8.52. The summed E-state index contributed by atoms with van der Waals surface area (Å²) >= 11 is 7.77. The van der Waals surface area contributed by atoms with Crippen LogP contribution in [0.1, 0.15) is 53.6 Å². The largest absolute Gasteiger partial charge is 0.497 e. The van der Waals surface area contributed by atoms with E-state index in [9.17, 15) is 9.50 Å². The van der Waals surface area contributed by atoms with Gasteiger partial charge in [-0.1, -0.05) is 16.8 Å². The van der Waals surface area contributed by atoms with E-state index in [0.717, 1.165) is 28.1 Å². The van der Waals surface area contributed by atoms with Crippen LogP contribution in [0.25, 0.3) is 0 Å². The van der Waals surface area contributed by atoms with Gasteiger partial charge in [-0.3, -0.25) is 0 Å². The zero-order valence-corrected chi connectivity index (χ0v) is 19.3. The number of halogens is 2. The van der Waals surface area contributed by atoms with Crippen LogP contribution in [0.2, 0.25) is 4.34 Å². The third-order valence-corrected chi connectivity index (χ3v) is 7.57. The number of ether oxygens (including phenoxy) is 2. The molecular weight excluding hydrogens is 455 g/mol. The van der Waals surface area contributed by atoms with Crippen molar-refractivity contribution in [3.63, 3.8) is 0 Å². The lowest BCUT2D eigenvalue weighted by Gasteiger charge is -2.46. The van der Waals surface area contributed by atoms with Crippen molar-refractivity contribution in [1.82, 2.24) is 20.3 Å². The van der Waals surface area contributed by atoms with Crippen molar-refractivity contribution >= 4 is 22.9 Å². The fraction of sp³-hybridized carbons (Fsp3) is 0.455. The highest BCUT2D eigenvalue weighted by Crippen LogP contribution is 2.51. The first-order chi connectivity index (χ1) is 15.3. The van der Waals surface area contributed by atoms with E-state index in [2.05, 4.69) is 22.6 Å². The van der Waals surface area contributed by atoms with Gasteiger partial charge in [0.2, 0.25) is 0 Å². The van der Waals surface area contributed by atoms with Gasteiger partial charge in [-0.25, -0.2) is 9.07 Å². The maximum Gasteiger partial charge on any atom is 0.127 e. The zero-order chi connectivity index (χ0) is 22.5. The van der Waals surface area contributed by atoms with Gasteiger partial charge in [-0.2, -0.15) is 0 Å². The highest BCUT2D eigenvalue weighted by atomic mass is 35.5. The fourth-order valence-corrected chi connectivity index (χ4v) is 6.25. The van der Waals surface area contributed by atoms with Gasteiger partial charge in [0.15, 0.2) is 0 Å². The molecule has 1 spiro atoms. The fourth-order valence-electron chi connectivity index (χ4n) is 4.80. The van der Waals surface area contributed by atoms with E-state index < -0.39 is 11.7 Å². The van der Waals surface area contributed by atoms with Gasteiger partial charge in [-0.05, 0) is 37.1 Å². The minimum Gasteiger partial charge on any atom is -0.497 e. The SMILES string of the molecule is COc1cc(F)cc(Cn2cc([C@@H]3C[C@]4(C[C@H](C)N3)OC[C@@H](O)c3cc(Cl)sc34)nn2)c1. The number of fused-ring (bicyclic) bond motifs is 2. The molecular formula is C22H24ClFN4O3S. The molecule has 4 atom stereocenters. The molecule has 170 valence electrons. The van der Waals surface area contributed by atoms with Gasteiger partial charge in [0, 0.05) is 29.0 Å². The monoisotopic (exact) mass is 478 g/mol. The van der Waals surface area contributed by atoms with Gasteiger partial charge >= 0.3 is 0 Å². The molecule has 1 saturated heterocycles. The van der Waals surface area contributed by atoms with Crippen LogP contribution < -0.4 is 10.1 Å². The van der Waals surface area contributed by atoms with Crippen LogP contribution in [0.5, 0.6) is 5.75 Å². The number of methoxy groups -OCH3 is 1. The molecule has 2 aromatic heterocycles. The third kappa shape index (κ3) is 4.04. The molecule has 2 aliphatic heterocycles. The molecule has 1 aromatic carbocycles. The summed E-state index contributed by atoms with van der Waals surface area (Å²) in [5, 5.41) is 22.6. The number of nitrogens with one attached hydrogen (secondary N) is 1. The summed E-state index contributed by atoms with van der Waals surface area (Å²) < 4.78 is 27.6. The molecule has 10 heteroatoms. The molecule has 7 nitrogen and oxygen atoms in total. The molecule has 2 aliphatic rings. The Hall–Kier alpha value is -2.04. The topological polar surface area (TPSA) is 81.4 Å². The summed E-state index contributed by atoms with van der Waals surface area (Å²) in [7, 11) is 1.51. The lowest BCUT2D eigenvalue weighted by molar-refractivity contribution is -0.129. The van der Waals surface area contributed by atoms with Crippen LogP contribution in [0.4, 0.5) is 4.39 Å². The van der Waals surface area contributed by atoms with Crippen LogP contribution >= 0.6 is 22.9 Å².